The Kier molecular flexibility index (Phi) is 6.55. The second-order valence-electron chi connectivity index (χ2n) is 4.46. The fourth-order valence-electron chi connectivity index (χ4n) is 1.91. The van der Waals surface area contributed by atoms with E-state index in [1.54, 1.807) is 0 Å². The van der Waals surface area contributed by atoms with Gasteiger partial charge >= 0.3 is 0 Å². The third kappa shape index (κ3) is 4.64. The highest BCUT2D eigenvalue weighted by Gasteiger charge is 2.08. The minimum atomic E-state index is -0.00923. The van der Waals surface area contributed by atoms with Crippen LogP contribution in [-0.2, 0) is 0 Å². The number of benzene rings is 1. The van der Waals surface area contributed by atoms with Crippen molar-refractivity contribution in [3.05, 3.63) is 45.4 Å². The van der Waals surface area contributed by atoms with Crippen molar-refractivity contribution >= 4 is 34.2 Å². The van der Waals surface area contributed by atoms with Crippen LogP contribution in [0.5, 0.6) is 0 Å². The van der Waals surface area contributed by atoms with Gasteiger partial charge in [0, 0.05) is 23.1 Å². The molecule has 0 unspecified atom stereocenters. The number of carbonyl (C=O) groups is 1. The molecule has 0 fully saturated rings. The monoisotopic (exact) mass is 344 g/mol. The van der Waals surface area contributed by atoms with E-state index in [4.69, 9.17) is 0 Å². The van der Waals surface area contributed by atoms with Gasteiger partial charge in [0.25, 0.3) is 5.91 Å². The number of carbonyl (C=O) groups excluding carboxylic acids is 1. The van der Waals surface area contributed by atoms with Crippen molar-refractivity contribution in [1.82, 2.24) is 10.6 Å². The van der Waals surface area contributed by atoms with Crippen molar-refractivity contribution in [1.29, 1.82) is 0 Å². The standard InChI is InChI=1S/C14H17BrN2O.ClH/c1-10-8-12(2-3-13(10)15)14(18)17-9-11-4-6-16-7-5-11;/h2-4,8,16H,5-7,9H2,1H3,(H,17,18);1H. The van der Waals surface area contributed by atoms with Crippen LogP contribution in [0.25, 0.3) is 0 Å². The van der Waals surface area contributed by atoms with E-state index in [1.165, 1.54) is 5.57 Å². The predicted octanol–water partition coefficient (Wildman–Crippen LogP) is 2.83. The lowest BCUT2D eigenvalue weighted by molar-refractivity contribution is 0.0956. The number of halogens is 2. The maximum absolute atomic E-state index is 12.0. The van der Waals surface area contributed by atoms with Crippen molar-refractivity contribution in [2.75, 3.05) is 19.6 Å². The van der Waals surface area contributed by atoms with Gasteiger partial charge in [-0.15, -0.1) is 12.4 Å². The second-order valence-corrected chi connectivity index (χ2v) is 5.32. The summed E-state index contributed by atoms with van der Waals surface area (Å²) >= 11 is 3.43. The summed E-state index contributed by atoms with van der Waals surface area (Å²) in [5, 5.41) is 6.22. The molecule has 0 bridgehead atoms. The Balaban J connectivity index is 0.00000180. The molecular formula is C14H18BrClN2O. The van der Waals surface area contributed by atoms with E-state index in [9.17, 15) is 4.79 Å². The van der Waals surface area contributed by atoms with Gasteiger partial charge in [0.1, 0.15) is 0 Å². The third-order valence-corrected chi connectivity index (χ3v) is 3.94. The Bertz CT molecular complexity index is 488. The van der Waals surface area contributed by atoms with E-state index in [-0.39, 0.29) is 18.3 Å². The summed E-state index contributed by atoms with van der Waals surface area (Å²) in [6, 6.07) is 5.65. The van der Waals surface area contributed by atoms with Gasteiger partial charge in [0.05, 0.1) is 0 Å². The molecule has 5 heteroatoms. The fraction of sp³-hybridized carbons (Fsp3) is 0.357. The van der Waals surface area contributed by atoms with Crippen molar-refractivity contribution in [2.24, 2.45) is 0 Å². The molecule has 1 aromatic carbocycles. The highest BCUT2D eigenvalue weighted by Crippen LogP contribution is 2.17. The molecular weight excluding hydrogens is 328 g/mol. The predicted molar refractivity (Wildman–Crippen MR) is 84.0 cm³/mol. The van der Waals surface area contributed by atoms with Gasteiger partial charge in [-0.05, 0) is 43.7 Å². The maximum atomic E-state index is 12.0. The first-order valence-corrected chi connectivity index (χ1v) is 6.89. The normalized spacial score (nSPS) is 14.3. The zero-order valence-corrected chi connectivity index (χ0v) is 13.2. The second kappa shape index (κ2) is 7.68. The van der Waals surface area contributed by atoms with E-state index in [0.29, 0.717) is 12.1 Å². The lowest BCUT2D eigenvalue weighted by Gasteiger charge is -2.14. The summed E-state index contributed by atoms with van der Waals surface area (Å²) in [7, 11) is 0. The topological polar surface area (TPSA) is 41.1 Å². The SMILES string of the molecule is Cc1cc(C(=O)NCC2=CCNCC2)ccc1Br.Cl. The van der Waals surface area contributed by atoms with Crippen molar-refractivity contribution in [2.45, 2.75) is 13.3 Å². The van der Waals surface area contributed by atoms with Gasteiger partial charge < -0.3 is 10.6 Å². The van der Waals surface area contributed by atoms with Gasteiger partial charge in [-0.1, -0.05) is 27.6 Å². The minimum absolute atomic E-state index is 0. The van der Waals surface area contributed by atoms with Crippen LogP contribution >= 0.6 is 28.3 Å². The van der Waals surface area contributed by atoms with Crippen LogP contribution in [0.15, 0.2) is 34.3 Å². The first-order chi connectivity index (χ1) is 8.66. The summed E-state index contributed by atoms with van der Waals surface area (Å²) in [4.78, 5) is 12.0. The van der Waals surface area contributed by atoms with Crippen molar-refractivity contribution in [3.8, 4) is 0 Å². The summed E-state index contributed by atoms with van der Waals surface area (Å²) in [5.74, 6) is -0.00923. The number of rotatable bonds is 3. The molecule has 1 heterocycles. The van der Waals surface area contributed by atoms with Crippen molar-refractivity contribution in [3.63, 3.8) is 0 Å². The third-order valence-electron chi connectivity index (χ3n) is 3.05. The van der Waals surface area contributed by atoms with Crippen LogP contribution in [0.1, 0.15) is 22.3 Å². The fourth-order valence-corrected chi connectivity index (χ4v) is 2.16. The molecule has 0 atom stereocenters. The molecule has 1 aliphatic heterocycles. The number of nitrogens with one attached hydrogen (secondary N) is 2. The van der Waals surface area contributed by atoms with Crippen LogP contribution in [0.4, 0.5) is 0 Å². The quantitative estimate of drug-likeness (QED) is 0.827. The van der Waals surface area contributed by atoms with Crippen LogP contribution in [-0.4, -0.2) is 25.5 Å². The molecule has 0 aliphatic carbocycles. The first-order valence-electron chi connectivity index (χ1n) is 6.10. The first kappa shape index (κ1) is 16.2. The summed E-state index contributed by atoms with van der Waals surface area (Å²) < 4.78 is 1.03. The van der Waals surface area contributed by atoms with Crippen molar-refractivity contribution < 1.29 is 4.79 Å². The van der Waals surface area contributed by atoms with Crippen LogP contribution in [0.2, 0.25) is 0 Å². The van der Waals surface area contributed by atoms with Gasteiger partial charge in [-0.2, -0.15) is 0 Å². The number of hydrogen-bond donors (Lipinski definition) is 2. The molecule has 2 N–H and O–H groups in total. The molecule has 2 rings (SSSR count). The van der Waals surface area contributed by atoms with E-state index >= 15 is 0 Å². The summed E-state index contributed by atoms with van der Waals surface area (Å²) in [5.41, 5.74) is 3.09. The molecule has 0 saturated heterocycles. The summed E-state index contributed by atoms with van der Waals surface area (Å²) in [6.07, 6.45) is 3.16. The minimum Gasteiger partial charge on any atom is -0.348 e. The van der Waals surface area contributed by atoms with Gasteiger partial charge in [-0.25, -0.2) is 0 Å². The molecule has 1 aromatic rings. The van der Waals surface area contributed by atoms with Gasteiger partial charge in [0.15, 0.2) is 0 Å². The summed E-state index contributed by atoms with van der Waals surface area (Å²) in [6.45, 7) is 4.54. The lowest BCUT2D eigenvalue weighted by Crippen LogP contribution is -2.29. The highest BCUT2D eigenvalue weighted by atomic mass is 79.9. The average molecular weight is 346 g/mol. The number of amides is 1. The van der Waals surface area contributed by atoms with E-state index in [1.807, 2.05) is 25.1 Å². The van der Waals surface area contributed by atoms with Crippen LogP contribution in [0, 0.1) is 6.92 Å². The zero-order chi connectivity index (χ0) is 13.0. The Morgan fingerprint density at radius 1 is 1.47 bits per heavy atom. The molecule has 3 nitrogen and oxygen atoms in total. The Morgan fingerprint density at radius 3 is 2.89 bits per heavy atom. The molecule has 1 aliphatic rings. The van der Waals surface area contributed by atoms with E-state index < -0.39 is 0 Å². The van der Waals surface area contributed by atoms with Crippen LogP contribution < -0.4 is 10.6 Å². The van der Waals surface area contributed by atoms with Gasteiger partial charge in [-0.3, -0.25) is 4.79 Å². The van der Waals surface area contributed by atoms with E-state index in [2.05, 4.69) is 32.6 Å². The molecule has 0 saturated carbocycles. The lowest BCUT2D eigenvalue weighted by atomic mass is 10.1. The smallest absolute Gasteiger partial charge is 0.251 e. The van der Waals surface area contributed by atoms with Crippen LogP contribution in [0.3, 0.4) is 0 Å². The average Bonchev–Trinajstić information content (AvgIpc) is 2.40. The van der Waals surface area contributed by atoms with E-state index in [0.717, 1.165) is 29.5 Å². The molecule has 19 heavy (non-hydrogen) atoms. The molecule has 0 spiro atoms. The Morgan fingerprint density at radius 2 is 2.26 bits per heavy atom. The Labute approximate surface area is 128 Å². The largest absolute Gasteiger partial charge is 0.348 e. The molecule has 104 valence electrons. The number of aryl methyl sites for hydroxylation is 1. The molecule has 0 radical (unpaired) electrons. The van der Waals surface area contributed by atoms with Gasteiger partial charge in [0.2, 0.25) is 0 Å². The maximum Gasteiger partial charge on any atom is 0.251 e. The molecule has 0 aromatic heterocycles. The zero-order valence-electron chi connectivity index (χ0n) is 10.8. The Hall–Kier alpha value is -0.840. The number of hydrogen-bond acceptors (Lipinski definition) is 2. The highest BCUT2D eigenvalue weighted by molar-refractivity contribution is 9.10. The molecule has 1 amide bonds.